The number of nitrogens with one attached hydrogen (secondary N) is 3. The first kappa shape index (κ1) is 22.5. The van der Waals surface area contributed by atoms with E-state index in [9.17, 15) is 13.2 Å². The monoisotopic (exact) mass is 391 g/mol. The topological polar surface area (TPSA) is 112 Å². The predicted molar refractivity (Wildman–Crippen MR) is 103 cm³/mol. The van der Waals surface area contributed by atoms with Crippen molar-refractivity contribution in [2.24, 2.45) is 4.99 Å². The van der Waals surface area contributed by atoms with Crippen molar-refractivity contribution in [1.29, 1.82) is 0 Å². The fourth-order valence-electron chi connectivity index (χ4n) is 2.50. The Labute approximate surface area is 157 Å². The van der Waals surface area contributed by atoms with E-state index in [1.54, 1.807) is 14.0 Å². The van der Waals surface area contributed by atoms with E-state index >= 15 is 0 Å². The van der Waals surface area contributed by atoms with Crippen LogP contribution in [0, 0.1) is 0 Å². The fraction of sp³-hybridized carbons (Fsp3) is 0.875. The Hall–Kier alpha value is -1.55. The lowest BCUT2D eigenvalue weighted by molar-refractivity contribution is 0.0507. The quantitative estimate of drug-likeness (QED) is 0.331. The minimum atomic E-state index is -3.14. The lowest BCUT2D eigenvalue weighted by Gasteiger charge is -2.23. The number of hydrogen-bond donors (Lipinski definition) is 3. The SMILES string of the molecule is CCS(=O)(=O)NCCCNC(=NC)N1CCC(NC(=O)OC(C)(C)C)C1. The summed E-state index contributed by atoms with van der Waals surface area (Å²) in [6.07, 6.45) is 1.07. The molecule has 1 rings (SSSR count). The van der Waals surface area contributed by atoms with E-state index in [0.29, 0.717) is 26.1 Å². The molecule has 1 fully saturated rings. The van der Waals surface area contributed by atoms with Crippen LogP contribution < -0.4 is 15.4 Å². The maximum absolute atomic E-state index is 11.9. The third-order valence-corrected chi connectivity index (χ3v) is 5.16. The molecule has 10 heteroatoms. The van der Waals surface area contributed by atoms with E-state index in [1.165, 1.54) is 0 Å². The van der Waals surface area contributed by atoms with E-state index < -0.39 is 21.7 Å². The molecule has 1 heterocycles. The molecule has 1 saturated heterocycles. The smallest absolute Gasteiger partial charge is 0.407 e. The van der Waals surface area contributed by atoms with Gasteiger partial charge < -0.3 is 20.3 Å². The first-order valence-corrected chi connectivity index (χ1v) is 10.6. The molecule has 0 aromatic rings. The largest absolute Gasteiger partial charge is 0.444 e. The zero-order valence-corrected chi connectivity index (χ0v) is 17.3. The number of ether oxygens (including phenoxy) is 1. The predicted octanol–water partition coefficient (Wildman–Crippen LogP) is 0.490. The van der Waals surface area contributed by atoms with Gasteiger partial charge in [-0.25, -0.2) is 17.9 Å². The Bertz CT molecular complexity index is 586. The first-order valence-electron chi connectivity index (χ1n) is 8.98. The van der Waals surface area contributed by atoms with Crippen molar-refractivity contribution in [2.75, 3.05) is 39.0 Å². The van der Waals surface area contributed by atoms with Gasteiger partial charge in [-0.05, 0) is 40.5 Å². The number of hydrogen-bond acceptors (Lipinski definition) is 5. The third-order valence-electron chi connectivity index (χ3n) is 3.76. The van der Waals surface area contributed by atoms with Crippen molar-refractivity contribution in [1.82, 2.24) is 20.3 Å². The fourth-order valence-corrected chi connectivity index (χ4v) is 3.15. The van der Waals surface area contributed by atoms with Crippen LogP contribution in [-0.2, 0) is 14.8 Å². The van der Waals surface area contributed by atoms with Crippen LogP contribution in [0.2, 0.25) is 0 Å². The summed E-state index contributed by atoms with van der Waals surface area (Å²) in [5, 5.41) is 6.11. The lowest BCUT2D eigenvalue weighted by Crippen LogP contribution is -2.44. The molecule has 1 aliphatic heterocycles. The van der Waals surface area contributed by atoms with Crippen molar-refractivity contribution < 1.29 is 17.9 Å². The second-order valence-electron chi connectivity index (χ2n) is 7.20. The molecule has 1 amide bonds. The Morgan fingerprint density at radius 2 is 2.00 bits per heavy atom. The molecular weight excluding hydrogens is 358 g/mol. The Morgan fingerprint density at radius 1 is 1.31 bits per heavy atom. The van der Waals surface area contributed by atoms with Gasteiger partial charge in [0.1, 0.15) is 5.60 Å². The molecule has 0 radical (unpaired) electrons. The van der Waals surface area contributed by atoms with Crippen molar-refractivity contribution in [2.45, 2.75) is 52.2 Å². The molecule has 0 saturated carbocycles. The Morgan fingerprint density at radius 3 is 2.58 bits per heavy atom. The van der Waals surface area contributed by atoms with Crippen LogP contribution in [0.4, 0.5) is 4.79 Å². The van der Waals surface area contributed by atoms with Crippen LogP contribution >= 0.6 is 0 Å². The average Bonchev–Trinajstić information content (AvgIpc) is 2.97. The van der Waals surface area contributed by atoms with Gasteiger partial charge in [-0.1, -0.05) is 0 Å². The summed E-state index contributed by atoms with van der Waals surface area (Å²) < 4.78 is 30.5. The molecule has 26 heavy (non-hydrogen) atoms. The van der Waals surface area contributed by atoms with E-state index in [1.807, 2.05) is 20.8 Å². The Balaban J connectivity index is 2.33. The van der Waals surface area contributed by atoms with Gasteiger partial charge in [-0.15, -0.1) is 0 Å². The maximum Gasteiger partial charge on any atom is 0.407 e. The number of carbonyl (C=O) groups is 1. The summed E-state index contributed by atoms with van der Waals surface area (Å²) in [6, 6.07) is 0.0137. The molecule has 0 bridgehead atoms. The van der Waals surface area contributed by atoms with E-state index in [4.69, 9.17) is 4.74 Å². The second kappa shape index (κ2) is 9.96. The molecular formula is C16H33N5O4S. The third kappa shape index (κ3) is 8.70. The zero-order valence-electron chi connectivity index (χ0n) is 16.5. The highest BCUT2D eigenvalue weighted by molar-refractivity contribution is 7.89. The van der Waals surface area contributed by atoms with E-state index in [2.05, 4.69) is 25.2 Å². The van der Waals surface area contributed by atoms with Gasteiger partial charge >= 0.3 is 6.09 Å². The van der Waals surface area contributed by atoms with Crippen molar-refractivity contribution in [3.8, 4) is 0 Å². The van der Waals surface area contributed by atoms with Gasteiger partial charge in [0.25, 0.3) is 0 Å². The van der Waals surface area contributed by atoms with E-state index in [0.717, 1.165) is 18.9 Å². The number of aliphatic imine (C=N–C) groups is 1. The summed E-state index contributed by atoms with van der Waals surface area (Å²) in [5.41, 5.74) is -0.515. The molecule has 0 spiro atoms. The highest BCUT2D eigenvalue weighted by Crippen LogP contribution is 2.11. The van der Waals surface area contributed by atoms with Crippen LogP contribution in [0.1, 0.15) is 40.5 Å². The molecule has 0 aliphatic carbocycles. The molecule has 9 nitrogen and oxygen atoms in total. The van der Waals surface area contributed by atoms with Crippen LogP contribution in [0.25, 0.3) is 0 Å². The highest BCUT2D eigenvalue weighted by Gasteiger charge is 2.27. The van der Waals surface area contributed by atoms with Gasteiger partial charge in [0.05, 0.1) is 11.8 Å². The summed E-state index contributed by atoms with van der Waals surface area (Å²) in [7, 11) is -1.44. The normalized spacial score (nSPS) is 18.7. The van der Waals surface area contributed by atoms with Crippen LogP contribution in [-0.4, -0.2) is 76.0 Å². The minimum Gasteiger partial charge on any atom is -0.444 e. The maximum atomic E-state index is 11.9. The average molecular weight is 392 g/mol. The standard InChI is InChI=1S/C16H33N5O4S/c1-6-26(23,24)19-10-7-9-18-14(17-5)21-11-8-13(12-21)20-15(22)25-16(2,3)4/h13,19H,6-12H2,1-5H3,(H,17,18)(H,20,22). The number of amides is 1. The molecule has 152 valence electrons. The number of rotatable bonds is 7. The van der Waals surface area contributed by atoms with Crippen LogP contribution in [0.15, 0.2) is 4.99 Å². The summed E-state index contributed by atoms with van der Waals surface area (Å²) in [4.78, 5) is 18.2. The molecule has 1 atom stereocenters. The van der Waals surface area contributed by atoms with Gasteiger partial charge in [-0.3, -0.25) is 4.99 Å². The number of likely N-dealkylation sites (tertiary alicyclic amines) is 1. The number of nitrogens with zero attached hydrogens (tertiary/aromatic N) is 2. The van der Waals surface area contributed by atoms with Gasteiger partial charge in [0, 0.05) is 33.2 Å². The zero-order chi connectivity index (χ0) is 19.8. The first-order chi connectivity index (χ1) is 12.1. The minimum absolute atomic E-state index is 0.0137. The second-order valence-corrected chi connectivity index (χ2v) is 9.30. The highest BCUT2D eigenvalue weighted by atomic mass is 32.2. The van der Waals surface area contributed by atoms with Crippen LogP contribution in [0.5, 0.6) is 0 Å². The lowest BCUT2D eigenvalue weighted by atomic mass is 10.2. The summed E-state index contributed by atoms with van der Waals surface area (Å²) in [5.74, 6) is 0.832. The van der Waals surface area contributed by atoms with Crippen molar-refractivity contribution >= 4 is 22.1 Å². The molecule has 1 aliphatic rings. The Kier molecular flexibility index (Phi) is 8.61. The molecule has 1 unspecified atom stereocenters. The molecule has 0 aromatic heterocycles. The molecule has 3 N–H and O–H groups in total. The van der Waals surface area contributed by atoms with Gasteiger partial charge in [0.15, 0.2) is 5.96 Å². The number of guanidine groups is 1. The van der Waals surface area contributed by atoms with E-state index in [-0.39, 0.29) is 11.8 Å². The number of alkyl carbamates (subject to hydrolysis) is 1. The number of sulfonamides is 1. The summed E-state index contributed by atoms with van der Waals surface area (Å²) in [6.45, 7) is 9.55. The molecule has 0 aromatic carbocycles. The summed E-state index contributed by atoms with van der Waals surface area (Å²) >= 11 is 0. The van der Waals surface area contributed by atoms with Gasteiger partial charge in [0.2, 0.25) is 10.0 Å². The number of carbonyl (C=O) groups excluding carboxylic acids is 1. The van der Waals surface area contributed by atoms with Crippen LogP contribution in [0.3, 0.4) is 0 Å². The van der Waals surface area contributed by atoms with Crippen molar-refractivity contribution in [3.63, 3.8) is 0 Å². The van der Waals surface area contributed by atoms with Crippen molar-refractivity contribution in [3.05, 3.63) is 0 Å². The van der Waals surface area contributed by atoms with Gasteiger partial charge in [-0.2, -0.15) is 0 Å².